The second-order valence-corrected chi connectivity index (χ2v) is 4.11. The summed E-state index contributed by atoms with van der Waals surface area (Å²) < 4.78 is 0. The summed E-state index contributed by atoms with van der Waals surface area (Å²) in [6.07, 6.45) is 0. The van der Waals surface area contributed by atoms with Crippen LogP contribution in [-0.4, -0.2) is 29.3 Å². The number of nitrogen functional groups attached to an aromatic ring is 2. The van der Waals surface area contributed by atoms with Crippen LogP contribution >= 0.6 is 0 Å². The number of amides is 1. The Hall–Kier alpha value is -2.57. The van der Waals surface area contributed by atoms with Crippen molar-refractivity contribution in [1.29, 1.82) is 0 Å². The zero-order valence-corrected chi connectivity index (χ0v) is 11.5. The molecule has 0 heterocycles. The van der Waals surface area contributed by atoms with Gasteiger partial charge in [0.15, 0.2) is 0 Å². The highest BCUT2D eigenvalue weighted by atomic mass is 16.3. The minimum Gasteiger partial charge on any atom is -0.399 e. The minimum atomic E-state index is -0.206. The molecule has 0 aliphatic rings. The molecule has 0 aliphatic heterocycles. The summed E-state index contributed by atoms with van der Waals surface area (Å²) in [6.45, 7) is -0.250. The predicted molar refractivity (Wildman–Crippen MR) is 83.8 cm³/mol. The molecule has 0 aliphatic carbocycles. The van der Waals surface area contributed by atoms with E-state index in [0.717, 1.165) is 0 Å². The SMILES string of the molecule is Nc1ccc(C(=O)Nc2ccccc2N)cc1.OCCO. The van der Waals surface area contributed by atoms with E-state index < -0.39 is 0 Å². The number of anilines is 3. The first-order chi connectivity index (χ1) is 10.1. The summed E-state index contributed by atoms with van der Waals surface area (Å²) in [5, 5.41) is 18.0. The number of nitrogens with one attached hydrogen (secondary N) is 1. The number of hydrogen-bond donors (Lipinski definition) is 5. The van der Waals surface area contributed by atoms with Crippen molar-refractivity contribution in [2.45, 2.75) is 0 Å². The molecule has 6 heteroatoms. The second kappa shape index (κ2) is 8.57. The van der Waals surface area contributed by atoms with Gasteiger partial charge in [-0.25, -0.2) is 0 Å². The molecule has 7 N–H and O–H groups in total. The fourth-order valence-corrected chi connectivity index (χ4v) is 1.44. The first kappa shape index (κ1) is 16.5. The van der Waals surface area contributed by atoms with E-state index >= 15 is 0 Å². The van der Waals surface area contributed by atoms with Gasteiger partial charge in [0.25, 0.3) is 5.91 Å². The first-order valence-electron chi connectivity index (χ1n) is 6.31. The lowest BCUT2D eigenvalue weighted by atomic mass is 10.2. The molecule has 1 amide bonds. The molecule has 0 atom stereocenters. The van der Waals surface area contributed by atoms with Crippen molar-refractivity contribution < 1.29 is 15.0 Å². The van der Waals surface area contributed by atoms with Gasteiger partial charge in [-0.1, -0.05) is 12.1 Å². The van der Waals surface area contributed by atoms with Crippen molar-refractivity contribution in [2.24, 2.45) is 0 Å². The Morgan fingerprint density at radius 3 is 2.05 bits per heavy atom. The number of carbonyl (C=O) groups excluding carboxylic acids is 1. The molecule has 0 unspecified atom stereocenters. The van der Waals surface area contributed by atoms with E-state index in [1.807, 2.05) is 12.1 Å². The van der Waals surface area contributed by atoms with E-state index in [9.17, 15) is 4.79 Å². The molecule has 112 valence electrons. The van der Waals surface area contributed by atoms with Gasteiger partial charge in [0.05, 0.1) is 24.6 Å². The van der Waals surface area contributed by atoms with Gasteiger partial charge in [-0.05, 0) is 36.4 Å². The average Bonchev–Trinajstić information content (AvgIpc) is 2.50. The first-order valence-corrected chi connectivity index (χ1v) is 6.31. The van der Waals surface area contributed by atoms with Gasteiger partial charge in [-0.15, -0.1) is 0 Å². The van der Waals surface area contributed by atoms with Crippen LogP contribution in [-0.2, 0) is 0 Å². The van der Waals surface area contributed by atoms with Gasteiger partial charge in [0.2, 0.25) is 0 Å². The Balaban J connectivity index is 0.000000491. The monoisotopic (exact) mass is 289 g/mol. The fraction of sp³-hybridized carbons (Fsp3) is 0.133. The molecule has 0 radical (unpaired) electrons. The van der Waals surface area contributed by atoms with E-state index in [4.69, 9.17) is 21.7 Å². The fourth-order valence-electron chi connectivity index (χ4n) is 1.44. The summed E-state index contributed by atoms with van der Waals surface area (Å²) in [5.74, 6) is -0.206. The van der Waals surface area contributed by atoms with Crippen LogP contribution in [0.1, 0.15) is 10.4 Å². The number of para-hydroxylation sites is 2. The Bertz CT molecular complexity index is 569. The second-order valence-electron chi connectivity index (χ2n) is 4.11. The average molecular weight is 289 g/mol. The van der Waals surface area contributed by atoms with Crippen LogP contribution in [0.2, 0.25) is 0 Å². The molecule has 2 rings (SSSR count). The number of hydrogen-bond acceptors (Lipinski definition) is 5. The molecule has 21 heavy (non-hydrogen) atoms. The lowest BCUT2D eigenvalue weighted by molar-refractivity contribution is 0.102. The molecular formula is C15H19N3O3. The number of nitrogens with two attached hydrogens (primary N) is 2. The molecule has 6 nitrogen and oxygen atoms in total. The molecule has 0 spiro atoms. The van der Waals surface area contributed by atoms with Crippen LogP contribution in [0.5, 0.6) is 0 Å². The minimum absolute atomic E-state index is 0.125. The molecule has 0 saturated carbocycles. The number of rotatable bonds is 3. The largest absolute Gasteiger partial charge is 0.399 e. The van der Waals surface area contributed by atoms with Crippen LogP contribution in [0.3, 0.4) is 0 Å². The number of carbonyl (C=O) groups is 1. The normalized spacial score (nSPS) is 9.43. The van der Waals surface area contributed by atoms with Gasteiger partial charge in [0.1, 0.15) is 0 Å². The Morgan fingerprint density at radius 1 is 0.952 bits per heavy atom. The van der Waals surface area contributed by atoms with Crippen LogP contribution < -0.4 is 16.8 Å². The number of benzene rings is 2. The van der Waals surface area contributed by atoms with Crippen molar-refractivity contribution in [3.8, 4) is 0 Å². The number of aliphatic hydroxyl groups excluding tert-OH is 2. The molecule has 2 aromatic rings. The molecule has 0 aromatic heterocycles. The van der Waals surface area contributed by atoms with Gasteiger partial charge in [-0.2, -0.15) is 0 Å². The standard InChI is InChI=1S/C13H13N3O.C2H6O2/c14-10-7-5-9(6-8-10)13(17)16-12-4-2-1-3-11(12)15;3-1-2-4/h1-8H,14-15H2,(H,16,17);3-4H,1-2H2. The van der Waals surface area contributed by atoms with E-state index in [0.29, 0.717) is 22.6 Å². The van der Waals surface area contributed by atoms with Gasteiger partial charge < -0.3 is 27.0 Å². The molecule has 0 fully saturated rings. The Kier molecular flexibility index (Phi) is 6.73. The smallest absolute Gasteiger partial charge is 0.255 e. The van der Waals surface area contributed by atoms with Gasteiger partial charge in [-0.3, -0.25) is 4.79 Å². The lowest BCUT2D eigenvalue weighted by Crippen LogP contribution is -2.13. The maximum absolute atomic E-state index is 11.9. The Labute approximate surface area is 123 Å². The third kappa shape index (κ3) is 5.52. The van der Waals surface area contributed by atoms with Crippen molar-refractivity contribution >= 4 is 23.0 Å². The summed E-state index contributed by atoms with van der Waals surface area (Å²) in [5.41, 5.74) is 13.6. The van der Waals surface area contributed by atoms with E-state index in [1.54, 1.807) is 36.4 Å². The van der Waals surface area contributed by atoms with Crippen molar-refractivity contribution in [3.05, 3.63) is 54.1 Å². The van der Waals surface area contributed by atoms with Crippen molar-refractivity contribution in [3.63, 3.8) is 0 Å². The highest BCUT2D eigenvalue weighted by Gasteiger charge is 2.06. The molecule has 2 aromatic carbocycles. The third-order valence-corrected chi connectivity index (χ3v) is 2.48. The summed E-state index contributed by atoms with van der Waals surface area (Å²) in [7, 11) is 0. The van der Waals surface area contributed by atoms with Crippen molar-refractivity contribution in [1.82, 2.24) is 0 Å². The van der Waals surface area contributed by atoms with Crippen LogP contribution in [0.15, 0.2) is 48.5 Å². The van der Waals surface area contributed by atoms with E-state index in [-0.39, 0.29) is 19.1 Å². The molecule has 0 saturated heterocycles. The zero-order valence-electron chi connectivity index (χ0n) is 11.5. The third-order valence-electron chi connectivity index (χ3n) is 2.48. The molecular weight excluding hydrogens is 270 g/mol. The number of aliphatic hydroxyl groups is 2. The van der Waals surface area contributed by atoms with Crippen LogP contribution in [0.25, 0.3) is 0 Å². The Morgan fingerprint density at radius 2 is 1.52 bits per heavy atom. The predicted octanol–water partition coefficient (Wildman–Crippen LogP) is 1.07. The van der Waals surface area contributed by atoms with Gasteiger partial charge in [0, 0.05) is 11.3 Å². The summed E-state index contributed by atoms with van der Waals surface area (Å²) in [4.78, 5) is 11.9. The highest BCUT2D eigenvalue weighted by molar-refractivity contribution is 6.05. The summed E-state index contributed by atoms with van der Waals surface area (Å²) in [6, 6.07) is 13.8. The van der Waals surface area contributed by atoms with Crippen LogP contribution in [0, 0.1) is 0 Å². The molecule has 0 bridgehead atoms. The van der Waals surface area contributed by atoms with Crippen molar-refractivity contribution in [2.75, 3.05) is 30.0 Å². The maximum Gasteiger partial charge on any atom is 0.255 e. The van der Waals surface area contributed by atoms with E-state index in [1.165, 1.54) is 0 Å². The van der Waals surface area contributed by atoms with Crippen LogP contribution in [0.4, 0.5) is 17.1 Å². The summed E-state index contributed by atoms with van der Waals surface area (Å²) >= 11 is 0. The quantitative estimate of drug-likeness (QED) is 0.541. The zero-order chi connectivity index (χ0) is 15.7. The van der Waals surface area contributed by atoms with E-state index in [2.05, 4.69) is 5.32 Å². The van der Waals surface area contributed by atoms with Gasteiger partial charge >= 0.3 is 0 Å². The lowest BCUT2D eigenvalue weighted by Gasteiger charge is -2.07. The maximum atomic E-state index is 11.9. The topological polar surface area (TPSA) is 122 Å². The highest BCUT2D eigenvalue weighted by Crippen LogP contribution is 2.18.